The zero-order valence-electron chi connectivity index (χ0n) is 19.6. The summed E-state index contributed by atoms with van der Waals surface area (Å²) < 4.78 is 20.6. The fourth-order valence-corrected chi connectivity index (χ4v) is 4.86. The van der Waals surface area contributed by atoms with Crippen LogP contribution < -0.4 is 10.5 Å². The van der Waals surface area contributed by atoms with Crippen LogP contribution in [-0.4, -0.2) is 49.8 Å². The molecule has 4 aromatic rings. The summed E-state index contributed by atoms with van der Waals surface area (Å²) in [5.74, 6) is 0.120. The molecule has 0 amide bonds. The summed E-state index contributed by atoms with van der Waals surface area (Å²) in [5, 5.41) is 13.2. The Hall–Kier alpha value is -4.10. The number of benzene rings is 1. The highest BCUT2D eigenvalue weighted by atomic mass is 19.1. The van der Waals surface area contributed by atoms with Crippen molar-refractivity contribution in [3.63, 3.8) is 0 Å². The number of anilines is 1. The Morgan fingerprint density at radius 3 is 2.60 bits per heavy atom. The normalized spacial score (nSPS) is 19.6. The van der Waals surface area contributed by atoms with E-state index in [-0.39, 0.29) is 29.5 Å². The topological polar surface area (TPSA) is 104 Å². The van der Waals surface area contributed by atoms with Crippen molar-refractivity contribution in [1.82, 2.24) is 24.6 Å². The van der Waals surface area contributed by atoms with Gasteiger partial charge >= 0.3 is 0 Å². The van der Waals surface area contributed by atoms with Crippen molar-refractivity contribution in [3.05, 3.63) is 82.1 Å². The minimum absolute atomic E-state index is 0.00594. The Morgan fingerprint density at radius 1 is 1.14 bits per heavy atom. The Balaban J connectivity index is 1.54. The van der Waals surface area contributed by atoms with Gasteiger partial charge in [0.1, 0.15) is 29.1 Å². The maximum atomic E-state index is 13.6. The third-order valence-corrected chi connectivity index (χ3v) is 6.66. The summed E-state index contributed by atoms with van der Waals surface area (Å²) in [6.07, 6.45) is 1.36. The monoisotopic (exact) mass is 473 g/mol. The number of rotatable bonds is 4. The molecule has 0 N–H and O–H groups in total. The highest BCUT2D eigenvalue weighted by Gasteiger charge is 2.38. The second-order valence-corrected chi connectivity index (χ2v) is 8.88. The van der Waals surface area contributed by atoms with E-state index in [4.69, 9.17) is 4.52 Å². The number of aryl methyl sites for hydroxylation is 1. The highest BCUT2D eigenvalue weighted by molar-refractivity contribution is 5.89. The number of aromatic nitrogens is 4. The van der Waals surface area contributed by atoms with E-state index >= 15 is 0 Å². The molecule has 1 aliphatic rings. The van der Waals surface area contributed by atoms with E-state index in [1.165, 1.54) is 23.0 Å². The summed E-state index contributed by atoms with van der Waals surface area (Å²) in [5.41, 5.74) is 2.99. The van der Waals surface area contributed by atoms with E-state index in [2.05, 4.69) is 44.8 Å². The number of hydrogen-bond acceptors (Lipinski definition) is 8. The first-order chi connectivity index (χ1) is 16.9. The molecule has 0 saturated carbocycles. The van der Waals surface area contributed by atoms with Crippen molar-refractivity contribution < 1.29 is 8.91 Å². The fraction of sp³-hybridized carbons (Fsp3) is 0.320. The lowest BCUT2D eigenvalue weighted by Crippen LogP contribution is -2.57. The van der Waals surface area contributed by atoms with Crippen LogP contribution in [0.4, 0.5) is 10.1 Å². The zero-order valence-corrected chi connectivity index (χ0v) is 19.6. The molecule has 1 fully saturated rings. The fourth-order valence-electron chi connectivity index (χ4n) is 4.86. The average molecular weight is 474 g/mol. The van der Waals surface area contributed by atoms with Crippen LogP contribution in [-0.2, 0) is 7.05 Å². The SMILES string of the molecule is C[C@@H]1CN(c2cc(=O)n(C)c3ccc(C#N)nc23)[C@@H](C)CN1C(c1ccc(F)cc1)c1ncno1. The first kappa shape index (κ1) is 22.7. The molecule has 1 unspecified atom stereocenters. The van der Waals surface area contributed by atoms with Gasteiger partial charge in [-0.25, -0.2) is 9.37 Å². The van der Waals surface area contributed by atoms with Gasteiger partial charge in [0.25, 0.3) is 5.56 Å². The number of piperazine rings is 1. The quantitative estimate of drug-likeness (QED) is 0.446. The highest BCUT2D eigenvalue weighted by Crippen LogP contribution is 2.35. The van der Waals surface area contributed by atoms with Crippen LogP contribution in [0.15, 0.2) is 58.1 Å². The molecule has 3 aromatic heterocycles. The molecule has 0 bridgehead atoms. The smallest absolute Gasteiger partial charge is 0.252 e. The van der Waals surface area contributed by atoms with Crippen molar-refractivity contribution in [3.8, 4) is 6.07 Å². The predicted octanol–water partition coefficient (Wildman–Crippen LogP) is 3.02. The van der Waals surface area contributed by atoms with Crippen molar-refractivity contribution >= 4 is 16.7 Å². The molecule has 9 nitrogen and oxygen atoms in total. The molecule has 178 valence electrons. The summed E-state index contributed by atoms with van der Waals surface area (Å²) in [7, 11) is 1.70. The molecule has 10 heteroatoms. The van der Waals surface area contributed by atoms with Gasteiger partial charge in [0.2, 0.25) is 5.89 Å². The molecule has 1 aromatic carbocycles. The lowest BCUT2D eigenvalue weighted by atomic mass is 9.98. The standard InChI is InChI=1S/C25H24FN7O2/c1-15-13-33(24(25-28-14-29-35-25)17-4-6-18(26)7-5-17)16(2)12-32(15)21-10-22(34)31(3)20-9-8-19(11-27)30-23(20)21/h4-10,14-16,24H,12-13H2,1-3H3/t15-,16+,24?/m0/s1. The van der Waals surface area contributed by atoms with Crippen LogP contribution in [0.5, 0.6) is 0 Å². The molecule has 0 aliphatic carbocycles. The van der Waals surface area contributed by atoms with Crippen molar-refractivity contribution in [2.75, 3.05) is 18.0 Å². The minimum atomic E-state index is -0.346. The van der Waals surface area contributed by atoms with Gasteiger partial charge in [0, 0.05) is 38.3 Å². The van der Waals surface area contributed by atoms with E-state index < -0.39 is 0 Å². The Kier molecular flexibility index (Phi) is 5.78. The van der Waals surface area contributed by atoms with Crippen LogP contribution >= 0.6 is 0 Å². The molecule has 0 radical (unpaired) electrons. The van der Waals surface area contributed by atoms with Gasteiger partial charge in [-0.3, -0.25) is 9.69 Å². The first-order valence-electron chi connectivity index (χ1n) is 11.3. The van der Waals surface area contributed by atoms with E-state index in [9.17, 15) is 14.4 Å². The number of nitriles is 1. The Morgan fingerprint density at radius 2 is 1.91 bits per heavy atom. The average Bonchev–Trinajstić information content (AvgIpc) is 3.39. The van der Waals surface area contributed by atoms with Gasteiger partial charge < -0.3 is 14.0 Å². The van der Waals surface area contributed by atoms with Gasteiger partial charge in [-0.2, -0.15) is 10.2 Å². The van der Waals surface area contributed by atoms with Crippen LogP contribution in [0.2, 0.25) is 0 Å². The molecular weight excluding hydrogens is 449 g/mol. The predicted molar refractivity (Wildman–Crippen MR) is 127 cm³/mol. The maximum Gasteiger partial charge on any atom is 0.252 e. The van der Waals surface area contributed by atoms with Gasteiger partial charge in [-0.1, -0.05) is 17.3 Å². The second kappa shape index (κ2) is 8.92. The summed E-state index contributed by atoms with van der Waals surface area (Å²) in [4.78, 5) is 26.0. The molecule has 35 heavy (non-hydrogen) atoms. The molecule has 4 heterocycles. The number of nitrogens with zero attached hydrogens (tertiary/aromatic N) is 7. The minimum Gasteiger partial charge on any atom is -0.364 e. The summed E-state index contributed by atoms with van der Waals surface area (Å²) in [6, 6.07) is 13.0. The number of halogens is 1. The Labute approximate surface area is 201 Å². The van der Waals surface area contributed by atoms with E-state index in [0.29, 0.717) is 41.4 Å². The molecule has 3 atom stereocenters. The largest absolute Gasteiger partial charge is 0.364 e. The first-order valence-corrected chi connectivity index (χ1v) is 11.3. The van der Waals surface area contributed by atoms with E-state index in [1.54, 1.807) is 37.4 Å². The van der Waals surface area contributed by atoms with Crippen molar-refractivity contribution in [2.45, 2.75) is 32.0 Å². The number of fused-ring (bicyclic) bond motifs is 1. The third kappa shape index (κ3) is 4.04. The van der Waals surface area contributed by atoms with Crippen LogP contribution in [0, 0.1) is 17.1 Å². The maximum absolute atomic E-state index is 13.6. The van der Waals surface area contributed by atoms with Crippen LogP contribution in [0.25, 0.3) is 11.0 Å². The molecule has 0 spiro atoms. The molecule has 1 saturated heterocycles. The lowest BCUT2D eigenvalue weighted by Gasteiger charge is -2.47. The van der Waals surface area contributed by atoms with Crippen LogP contribution in [0.3, 0.4) is 0 Å². The summed E-state index contributed by atoms with van der Waals surface area (Å²) >= 11 is 0. The van der Waals surface area contributed by atoms with Gasteiger partial charge in [-0.15, -0.1) is 0 Å². The van der Waals surface area contributed by atoms with Crippen molar-refractivity contribution in [1.29, 1.82) is 5.26 Å². The Bertz CT molecular complexity index is 1460. The summed E-state index contributed by atoms with van der Waals surface area (Å²) in [6.45, 7) is 5.36. The molecule has 5 rings (SSSR count). The van der Waals surface area contributed by atoms with Gasteiger partial charge in [0.15, 0.2) is 6.33 Å². The van der Waals surface area contributed by atoms with Gasteiger partial charge in [-0.05, 0) is 43.7 Å². The molecular formula is C25H24FN7O2. The zero-order chi connectivity index (χ0) is 24.7. The van der Waals surface area contributed by atoms with E-state index in [0.717, 1.165) is 5.56 Å². The second-order valence-electron chi connectivity index (χ2n) is 8.88. The van der Waals surface area contributed by atoms with Gasteiger partial charge in [0.05, 0.1) is 11.2 Å². The van der Waals surface area contributed by atoms with Crippen LogP contribution in [0.1, 0.15) is 37.0 Å². The third-order valence-electron chi connectivity index (χ3n) is 6.66. The lowest BCUT2D eigenvalue weighted by molar-refractivity contribution is 0.110. The number of pyridine rings is 2. The number of hydrogen-bond donors (Lipinski definition) is 0. The van der Waals surface area contributed by atoms with Crippen molar-refractivity contribution in [2.24, 2.45) is 7.05 Å². The molecule has 1 aliphatic heterocycles. The van der Waals surface area contributed by atoms with E-state index in [1.807, 2.05) is 0 Å².